The van der Waals surface area contributed by atoms with Crippen LogP contribution in [0.3, 0.4) is 0 Å². The molecule has 0 atom stereocenters. The van der Waals surface area contributed by atoms with Gasteiger partial charge in [-0.3, -0.25) is 9.20 Å². The average molecular weight is 458 g/mol. The van der Waals surface area contributed by atoms with Gasteiger partial charge in [0.1, 0.15) is 17.2 Å². The summed E-state index contributed by atoms with van der Waals surface area (Å²) in [6, 6.07) is 16.7. The number of esters is 1. The van der Waals surface area contributed by atoms with E-state index in [0.717, 1.165) is 28.2 Å². The molecule has 8 nitrogen and oxygen atoms in total. The smallest absolute Gasteiger partial charge is 0.337 e. The highest BCUT2D eigenvalue weighted by Crippen LogP contribution is 2.33. The Morgan fingerprint density at radius 3 is 2.38 bits per heavy atom. The zero-order valence-corrected chi connectivity index (χ0v) is 19.4. The lowest BCUT2D eigenvalue weighted by atomic mass is 10.1. The molecule has 0 aliphatic rings. The second kappa shape index (κ2) is 9.76. The maximum absolute atomic E-state index is 12.5. The van der Waals surface area contributed by atoms with Gasteiger partial charge in [0, 0.05) is 36.1 Å². The molecule has 4 aromatic rings. The predicted octanol–water partition coefficient (Wildman–Crippen LogP) is 3.84. The van der Waals surface area contributed by atoms with Crippen molar-refractivity contribution in [2.45, 2.75) is 13.8 Å². The van der Waals surface area contributed by atoms with E-state index in [0.29, 0.717) is 35.6 Å². The van der Waals surface area contributed by atoms with Crippen LogP contribution in [0, 0.1) is 13.8 Å². The molecule has 0 saturated heterocycles. The number of amides is 1. The van der Waals surface area contributed by atoms with E-state index in [2.05, 4.69) is 10.6 Å². The van der Waals surface area contributed by atoms with Gasteiger partial charge in [0.05, 0.1) is 12.7 Å². The molecule has 0 aliphatic carbocycles. The van der Waals surface area contributed by atoms with Crippen molar-refractivity contribution < 1.29 is 14.3 Å². The summed E-state index contributed by atoms with van der Waals surface area (Å²) in [4.78, 5) is 29.2. The van der Waals surface area contributed by atoms with Gasteiger partial charge in [0.15, 0.2) is 0 Å². The fourth-order valence-electron chi connectivity index (χ4n) is 3.81. The summed E-state index contributed by atoms with van der Waals surface area (Å²) in [5.41, 5.74) is 11.8. The van der Waals surface area contributed by atoms with Crippen LogP contribution in [0.5, 0.6) is 0 Å². The van der Waals surface area contributed by atoms with Crippen LogP contribution in [0.4, 0.5) is 11.5 Å². The maximum Gasteiger partial charge on any atom is 0.337 e. The van der Waals surface area contributed by atoms with Gasteiger partial charge in [0.2, 0.25) is 0 Å². The average Bonchev–Trinajstić information content (AvgIpc) is 3.21. The van der Waals surface area contributed by atoms with Crippen molar-refractivity contribution in [3.8, 4) is 11.3 Å². The molecule has 8 heteroatoms. The minimum atomic E-state index is -0.399. The van der Waals surface area contributed by atoms with Crippen LogP contribution < -0.4 is 16.4 Å². The number of fused-ring (bicyclic) bond motifs is 1. The van der Waals surface area contributed by atoms with Gasteiger partial charge in [-0.1, -0.05) is 30.3 Å². The summed E-state index contributed by atoms with van der Waals surface area (Å²) in [6.45, 7) is 4.86. The number of hydrogen-bond donors (Lipinski definition) is 3. The lowest BCUT2D eigenvalue weighted by Gasteiger charge is -2.14. The lowest BCUT2D eigenvalue weighted by molar-refractivity contribution is 0.0600. The Morgan fingerprint density at radius 2 is 1.74 bits per heavy atom. The molecule has 174 valence electrons. The SMILES string of the molecule is COC(=O)c1ccc(-c2nc3cc(C(=O)NCCN)ccn3c2Nc2c(C)cccc2C)cc1. The lowest BCUT2D eigenvalue weighted by Crippen LogP contribution is -2.29. The minimum absolute atomic E-state index is 0.204. The van der Waals surface area contributed by atoms with E-state index in [1.807, 2.05) is 54.8 Å². The third-order valence-electron chi connectivity index (χ3n) is 5.62. The Hall–Kier alpha value is -4.17. The molecule has 4 rings (SSSR count). The molecule has 2 aromatic heterocycles. The van der Waals surface area contributed by atoms with Crippen molar-refractivity contribution in [1.82, 2.24) is 14.7 Å². The molecule has 0 fully saturated rings. The quantitative estimate of drug-likeness (QED) is 0.364. The monoisotopic (exact) mass is 457 g/mol. The van der Waals surface area contributed by atoms with Crippen molar-refractivity contribution in [1.29, 1.82) is 0 Å². The highest BCUT2D eigenvalue weighted by Gasteiger charge is 2.18. The summed E-state index contributed by atoms with van der Waals surface area (Å²) in [5.74, 6) is 0.153. The Kier molecular flexibility index (Phi) is 6.60. The normalized spacial score (nSPS) is 10.8. The number of aromatic nitrogens is 2. The third kappa shape index (κ3) is 4.49. The van der Waals surface area contributed by atoms with Gasteiger partial charge in [-0.15, -0.1) is 0 Å². The van der Waals surface area contributed by atoms with E-state index in [1.54, 1.807) is 24.3 Å². The predicted molar refractivity (Wildman–Crippen MR) is 133 cm³/mol. The number of pyridine rings is 1. The van der Waals surface area contributed by atoms with E-state index >= 15 is 0 Å². The molecular formula is C26H27N5O3. The van der Waals surface area contributed by atoms with Gasteiger partial charge >= 0.3 is 5.97 Å². The van der Waals surface area contributed by atoms with E-state index in [-0.39, 0.29) is 5.91 Å². The number of ether oxygens (including phenoxy) is 1. The van der Waals surface area contributed by atoms with Crippen molar-refractivity contribution in [2.24, 2.45) is 5.73 Å². The molecule has 0 saturated carbocycles. The summed E-state index contributed by atoms with van der Waals surface area (Å²) in [6.07, 6.45) is 1.82. The molecule has 1 amide bonds. The first-order valence-corrected chi connectivity index (χ1v) is 10.9. The van der Waals surface area contributed by atoms with Crippen LogP contribution >= 0.6 is 0 Å². The van der Waals surface area contributed by atoms with Gasteiger partial charge in [-0.05, 0) is 49.2 Å². The second-order valence-corrected chi connectivity index (χ2v) is 7.96. The van der Waals surface area contributed by atoms with Gasteiger partial charge in [-0.25, -0.2) is 9.78 Å². The Bertz CT molecular complexity index is 1340. The molecule has 0 radical (unpaired) electrons. The largest absolute Gasteiger partial charge is 0.465 e. The first-order chi connectivity index (χ1) is 16.4. The van der Waals surface area contributed by atoms with E-state index < -0.39 is 5.97 Å². The first kappa shape index (κ1) is 23.0. The van der Waals surface area contributed by atoms with Gasteiger partial charge < -0.3 is 21.1 Å². The van der Waals surface area contributed by atoms with Gasteiger partial charge in [0.25, 0.3) is 5.91 Å². The van der Waals surface area contributed by atoms with Crippen LogP contribution in [0.2, 0.25) is 0 Å². The van der Waals surface area contributed by atoms with Crippen LogP contribution in [-0.4, -0.2) is 41.5 Å². The first-order valence-electron chi connectivity index (χ1n) is 10.9. The minimum Gasteiger partial charge on any atom is -0.465 e. The molecule has 2 heterocycles. The van der Waals surface area contributed by atoms with Crippen LogP contribution in [0.1, 0.15) is 31.8 Å². The van der Waals surface area contributed by atoms with Crippen molar-refractivity contribution in [2.75, 3.05) is 25.5 Å². The molecule has 4 N–H and O–H groups in total. The number of nitrogens with one attached hydrogen (secondary N) is 2. The van der Waals surface area contributed by atoms with Crippen LogP contribution in [0.15, 0.2) is 60.8 Å². The summed E-state index contributed by atoms with van der Waals surface area (Å²) >= 11 is 0. The van der Waals surface area contributed by atoms with Crippen molar-refractivity contribution in [3.05, 3.63) is 83.0 Å². The summed E-state index contributed by atoms with van der Waals surface area (Å²) in [7, 11) is 1.35. The summed E-state index contributed by atoms with van der Waals surface area (Å²) < 4.78 is 6.72. The standard InChI is InChI=1S/C26H27N5O3/c1-16-5-4-6-17(2)22(16)30-24-23(18-7-9-19(10-8-18)26(33)34-3)29-21-15-20(11-14-31(21)24)25(32)28-13-12-27/h4-11,14-15,30H,12-13,27H2,1-3H3,(H,28,32). The third-order valence-corrected chi connectivity index (χ3v) is 5.62. The number of nitrogens with two attached hydrogens (primary N) is 1. The summed E-state index contributed by atoms with van der Waals surface area (Å²) in [5, 5.41) is 6.34. The van der Waals surface area contributed by atoms with Crippen molar-refractivity contribution >= 4 is 29.0 Å². The number of para-hydroxylation sites is 1. The fraction of sp³-hybridized carbons (Fsp3) is 0.192. The number of carbonyl (C=O) groups is 2. The van der Waals surface area contributed by atoms with Crippen molar-refractivity contribution in [3.63, 3.8) is 0 Å². The van der Waals surface area contributed by atoms with Gasteiger partial charge in [-0.2, -0.15) is 0 Å². The molecule has 0 spiro atoms. The zero-order valence-electron chi connectivity index (χ0n) is 19.4. The Morgan fingerprint density at radius 1 is 1.03 bits per heavy atom. The Labute approximate surface area is 197 Å². The van der Waals surface area contributed by atoms with E-state index in [4.69, 9.17) is 15.5 Å². The Balaban J connectivity index is 1.84. The molecule has 0 bridgehead atoms. The maximum atomic E-state index is 12.5. The van der Waals surface area contributed by atoms with Crippen LogP contribution in [0.25, 0.3) is 16.9 Å². The number of hydrogen-bond acceptors (Lipinski definition) is 6. The number of benzene rings is 2. The topological polar surface area (TPSA) is 111 Å². The molecule has 34 heavy (non-hydrogen) atoms. The zero-order chi connectivity index (χ0) is 24.2. The van der Waals surface area contributed by atoms with E-state index in [1.165, 1.54) is 7.11 Å². The number of imidazole rings is 1. The molecular weight excluding hydrogens is 430 g/mol. The number of rotatable bonds is 7. The fourth-order valence-corrected chi connectivity index (χ4v) is 3.81. The van der Waals surface area contributed by atoms with E-state index in [9.17, 15) is 9.59 Å². The number of nitrogens with zero attached hydrogens (tertiary/aromatic N) is 2. The number of aryl methyl sites for hydroxylation is 2. The highest BCUT2D eigenvalue weighted by atomic mass is 16.5. The van der Waals surface area contributed by atoms with Crippen LogP contribution in [-0.2, 0) is 4.74 Å². The number of methoxy groups -OCH3 is 1. The highest BCUT2D eigenvalue weighted by molar-refractivity contribution is 5.95. The molecule has 0 unspecified atom stereocenters. The molecule has 0 aliphatic heterocycles. The number of anilines is 2. The second-order valence-electron chi connectivity index (χ2n) is 7.96. The number of carbonyl (C=O) groups excluding carboxylic acids is 2. The molecule has 2 aromatic carbocycles.